The molecule has 0 aliphatic carbocycles. The maximum absolute atomic E-state index is 11.8. The van der Waals surface area contributed by atoms with Crippen molar-refractivity contribution in [1.29, 1.82) is 0 Å². The van der Waals surface area contributed by atoms with Crippen LogP contribution in [0.15, 0.2) is 48.8 Å². The number of hydrogen-bond donors (Lipinski definition) is 1. The first kappa shape index (κ1) is 15.5. The van der Waals surface area contributed by atoms with Crippen molar-refractivity contribution >= 4 is 21.8 Å². The Morgan fingerprint density at radius 1 is 1.30 bits per heavy atom. The predicted octanol–water partition coefficient (Wildman–Crippen LogP) is 1.19. The third kappa shape index (κ3) is 4.07. The van der Waals surface area contributed by atoms with Gasteiger partial charge in [-0.1, -0.05) is 18.2 Å². The molecule has 1 amide bonds. The molecule has 120 valence electrons. The van der Waals surface area contributed by atoms with E-state index in [1.54, 1.807) is 17.0 Å². The number of carbonyl (C=O) groups excluding carboxylic acids is 1. The van der Waals surface area contributed by atoms with Crippen LogP contribution in [0.1, 0.15) is 12.0 Å². The molecule has 1 aliphatic rings. The standard InChI is InChI=1S/C16H17N3O3S/c20-16(18-14-8-9-23(21,22)12-14)7-6-13-10-17-19(11-13)15-4-2-1-3-5-15/h1-7,10-11,14H,8-9,12H2,(H,18,20)/b7-6+/t14-/m0/s1. The van der Waals surface area contributed by atoms with Gasteiger partial charge in [0, 0.05) is 23.9 Å². The fourth-order valence-corrected chi connectivity index (χ4v) is 4.15. The highest BCUT2D eigenvalue weighted by Crippen LogP contribution is 2.12. The van der Waals surface area contributed by atoms with E-state index in [0.717, 1.165) is 11.3 Å². The van der Waals surface area contributed by atoms with E-state index < -0.39 is 9.84 Å². The van der Waals surface area contributed by atoms with Crippen LogP contribution in [0.2, 0.25) is 0 Å². The van der Waals surface area contributed by atoms with Gasteiger partial charge >= 0.3 is 0 Å². The van der Waals surface area contributed by atoms with Crippen LogP contribution in [-0.2, 0) is 14.6 Å². The zero-order valence-corrected chi connectivity index (χ0v) is 13.2. The summed E-state index contributed by atoms with van der Waals surface area (Å²) in [6.07, 6.45) is 7.02. The minimum absolute atomic E-state index is 0.0263. The summed E-state index contributed by atoms with van der Waals surface area (Å²) < 4.78 is 24.4. The van der Waals surface area contributed by atoms with Crippen LogP contribution in [0.5, 0.6) is 0 Å². The number of aromatic nitrogens is 2. The van der Waals surface area contributed by atoms with Crippen molar-refractivity contribution in [2.75, 3.05) is 11.5 Å². The zero-order valence-electron chi connectivity index (χ0n) is 12.4. The minimum atomic E-state index is -2.99. The first-order valence-electron chi connectivity index (χ1n) is 7.31. The average Bonchev–Trinajstić information content (AvgIpc) is 3.13. The predicted molar refractivity (Wildman–Crippen MR) is 87.8 cm³/mol. The second-order valence-corrected chi connectivity index (χ2v) is 7.72. The van der Waals surface area contributed by atoms with Crippen LogP contribution in [0.3, 0.4) is 0 Å². The summed E-state index contributed by atoms with van der Waals surface area (Å²) in [4.78, 5) is 11.8. The number of nitrogens with one attached hydrogen (secondary N) is 1. The fraction of sp³-hybridized carbons (Fsp3) is 0.250. The molecule has 1 aromatic carbocycles. The maximum Gasteiger partial charge on any atom is 0.244 e. The summed E-state index contributed by atoms with van der Waals surface area (Å²) in [5.74, 6) is -0.121. The molecule has 1 fully saturated rings. The summed E-state index contributed by atoms with van der Waals surface area (Å²) in [5.41, 5.74) is 1.73. The molecule has 3 rings (SSSR count). The van der Waals surface area contributed by atoms with Crippen LogP contribution >= 0.6 is 0 Å². The van der Waals surface area contributed by atoms with E-state index in [4.69, 9.17) is 0 Å². The Bertz CT molecular complexity index is 825. The quantitative estimate of drug-likeness (QED) is 0.853. The lowest BCUT2D eigenvalue weighted by Crippen LogP contribution is -2.34. The van der Waals surface area contributed by atoms with Gasteiger partial charge in [0.05, 0.1) is 23.4 Å². The normalized spacial score (nSPS) is 19.9. The molecule has 6 nitrogen and oxygen atoms in total. The van der Waals surface area contributed by atoms with Gasteiger partial charge in [-0.25, -0.2) is 13.1 Å². The molecule has 0 saturated carbocycles. The summed E-state index contributed by atoms with van der Waals surface area (Å²) in [7, 11) is -2.99. The Morgan fingerprint density at radius 2 is 2.09 bits per heavy atom. The van der Waals surface area contributed by atoms with E-state index in [1.807, 2.05) is 36.5 Å². The lowest BCUT2D eigenvalue weighted by atomic mass is 10.2. The molecular formula is C16H17N3O3S. The second kappa shape index (κ2) is 6.37. The molecule has 1 aliphatic heterocycles. The first-order chi connectivity index (χ1) is 11.0. The van der Waals surface area contributed by atoms with Gasteiger partial charge in [0.15, 0.2) is 9.84 Å². The average molecular weight is 331 g/mol. The zero-order chi connectivity index (χ0) is 16.3. The van der Waals surface area contributed by atoms with Crippen LogP contribution in [-0.4, -0.2) is 41.7 Å². The molecule has 0 unspecified atom stereocenters. The minimum Gasteiger partial charge on any atom is -0.349 e. The van der Waals surface area contributed by atoms with Crippen molar-refractivity contribution < 1.29 is 13.2 Å². The van der Waals surface area contributed by atoms with Gasteiger partial charge in [0.2, 0.25) is 5.91 Å². The van der Waals surface area contributed by atoms with Crippen LogP contribution in [0.4, 0.5) is 0 Å². The van der Waals surface area contributed by atoms with Gasteiger partial charge in [-0.15, -0.1) is 0 Å². The molecule has 2 aromatic rings. The van der Waals surface area contributed by atoms with Gasteiger partial charge in [-0.3, -0.25) is 4.79 Å². The van der Waals surface area contributed by atoms with Crippen molar-refractivity contribution in [3.05, 3.63) is 54.4 Å². The molecule has 7 heteroatoms. The SMILES string of the molecule is O=C(/C=C/c1cnn(-c2ccccc2)c1)N[C@H]1CCS(=O)(=O)C1. The fourth-order valence-electron chi connectivity index (χ4n) is 2.47. The van der Waals surface area contributed by atoms with Crippen molar-refractivity contribution in [1.82, 2.24) is 15.1 Å². The van der Waals surface area contributed by atoms with E-state index in [9.17, 15) is 13.2 Å². The number of hydrogen-bond acceptors (Lipinski definition) is 4. The summed E-state index contributed by atoms with van der Waals surface area (Å²) >= 11 is 0. The molecule has 1 saturated heterocycles. The number of para-hydroxylation sites is 1. The Kier molecular flexibility index (Phi) is 4.29. The highest BCUT2D eigenvalue weighted by molar-refractivity contribution is 7.91. The topological polar surface area (TPSA) is 81.1 Å². The van der Waals surface area contributed by atoms with Gasteiger partial charge in [0.25, 0.3) is 0 Å². The van der Waals surface area contributed by atoms with Crippen LogP contribution in [0.25, 0.3) is 11.8 Å². The van der Waals surface area contributed by atoms with E-state index in [2.05, 4.69) is 10.4 Å². The number of benzene rings is 1. The summed E-state index contributed by atoms with van der Waals surface area (Å²) in [6.45, 7) is 0. The number of sulfone groups is 1. The smallest absolute Gasteiger partial charge is 0.244 e. The van der Waals surface area contributed by atoms with E-state index in [1.165, 1.54) is 6.08 Å². The third-order valence-corrected chi connectivity index (χ3v) is 5.40. The van der Waals surface area contributed by atoms with Gasteiger partial charge in [0.1, 0.15) is 0 Å². The van der Waals surface area contributed by atoms with Gasteiger partial charge in [-0.2, -0.15) is 5.10 Å². The monoisotopic (exact) mass is 331 g/mol. The number of carbonyl (C=O) groups is 1. The molecule has 2 heterocycles. The van der Waals surface area contributed by atoms with E-state index >= 15 is 0 Å². The van der Waals surface area contributed by atoms with Crippen molar-refractivity contribution in [2.24, 2.45) is 0 Å². The second-order valence-electron chi connectivity index (χ2n) is 5.50. The summed E-state index contributed by atoms with van der Waals surface area (Å²) in [5, 5.41) is 6.95. The van der Waals surface area contributed by atoms with E-state index in [-0.39, 0.29) is 23.5 Å². The van der Waals surface area contributed by atoms with Gasteiger partial charge in [-0.05, 0) is 24.6 Å². The molecule has 0 spiro atoms. The number of rotatable bonds is 4. The highest BCUT2D eigenvalue weighted by Gasteiger charge is 2.28. The maximum atomic E-state index is 11.8. The van der Waals surface area contributed by atoms with Crippen molar-refractivity contribution in [3.8, 4) is 5.69 Å². The number of amides is 1. The Hall–Kier alpha value is -2.41. The van der Waals surface area contributed by atoms with E-state index in [0.29, 0.717) is 6.42 Å². The molecule has 0 bridgehead atoms. The van der Waals surface area contributed by atoms with Crippen LogP contribution < -0.4 is 5.32 Å². The van der Waals surface area contributed by atoms with Crippen molar-refractivity contribution in [3.63, 3.8) is 0 Å². The lowest BCUT2D eigenvalue weighted by Gasteiger charge is -2.07. The molecular weight excluding hydrogens is 314 g/mol. The molecule has 0 radical (unpaired) electrons. The highest BCUT2D eigenvalue weighted by atomic mass is 32.2. The molecule has 23 heavy (non-hydrogen) atoms. The third-order valence-electron chi connectivity index (χ3n) is 3.63. The Balaban J connectivity index is 1.60. The Labute approximate surface area is 134 Å². The van der Waals surface area contributed by atoms with Crippen molar-refractivity contribution in [2.45, 2.75) is 12.5 Å². The first-order valence-corrected chi connectivity index (χ1v) is 9.13. The molecule has 1 aromatic heterocycles. The molecule has 1 N–H and O–H groups in total. The van der Waals surface area contributed by atoms with Crippen LogP contribution in [0, 0.1) is 0 Å². The molecule has 1 atom stereocenters. The Morgan fingerprint density at radius 3 is 2.78 bits per heavy atom. The summed E-state index contributed by atoms with van der Waals surface area (Å²) in [6, 6.07) is 9.37. The number of nitrogens with zero attached hydrogens (tertiary/aromatic N) is 2. The van der Waals surface area contributed by atoms with Gasteiger partial charge < -0.3 is 5.32 Å². The lowest BCUT2D eigenvalue weighted by molar-refractivity contribution is -0.116. The largest absolute Gasteiger partial charge is 0.349 e.